The summed E-state index contributed by atoms with van der Waals surface area (Å²) >= 11 is 0. The van der Waals surface area contributed by atoms with Gasteiger partial charge in [0.25, 0.3) is 0 Å². The fourth-order valence-electron chi connectivity index (χ4n) is 2.47. The summed E-state index contributed by atoms with van der Waals surface area (Å²) in [6.45, 7) is 3.19. The molecule has 2 N–H and O–H groups in total. The molecule has 6 heteroatoms. The Kier molecular flexibility index (Phi) is 4.44. The number of amides is 1. The lowest BCUT2D eigenvalue weighted by Crippen LogP contribution is -2.40. The van der Waals surface area contributed by atoms with Crippen LogP contribution in [0.2, 0.25) is 0 Å². The Morgan fingerprint density at radius 1 is 1.63 bits per heavy atom. The predicted molar refractivity (Wildman–Crippen MR) is 67.7 cm³/mol. The fraction of sp³-hybridized carbons (Fsp3) is 0.538. The number of hydrogen-bond donors (Lipinski definition) is 2. The van der Waals surface area contributed by atoms with Crippen LogP contribution >= 0.6 is 0 Å². The highest BCUT2D eigenvalue weighted by Crippen LogP contribution is 2.19. The van der Waals surface area contributed by atoms with Gasteiger partial charge in [0, 0.05) is 56.9 Å². The number of nitrogens with zero attached hydrogens (tertiary/aromatic N) is 2. The zero-order valence-corrected chi connectivity index (χ0v) is 10.8. The second kappa shape index (κ2) is 6.08. The molecular formula is C13H18FN3O2. The number of nitrogens with one attached hydrogen (secondary N) is 1. The molecule has 2 rings (SSSR count). The third-order valence-electron chi connectivity index (χ3n) is 3.39. The van der Waals surface area contributed by atoms with Crippen LogP contribution in [-0.4, -0.2) is 46.6 Å². The topological polar surface area (TPSA) is 65.5 Å². The first-order valence-corrected chi connectivity index (χ1v) is 6.29. The number of aromatic nitrogens is 1. The van der Waals surface area contributed by atoms with Crippen LogP contribution in [0.15, 0.2) is 18.5 Å². The van der Waals surface area contributed by atoms with Crippen LogP contribution in [0.3, 0.4) is 0 Å². The summed E-state index contributed by atoms with van der Waals surface area (Å²) in [5.74, 6) is -0.444. The quantitative estimate of drug-likeness (QED) is 0.815. The van der Waals surface area contributed by atoms with Gasteiger partial charge in [0.2, 0.25) is 5.91 Å². The number of rotatable bonds is 4. The van der Waals surface area contributed by atoms with Crippen molar-refractivity contribution in [3.05, 3.63) is 29.8 Å². The molecule has 0 aliphatic carbocycles. The number of carbonyl (C=O) groups excluding carboxylic acids is 1. The Balaban J connectivity index is 2.00. The number of carbonyl (C=O) groups is 1. The lowest BCUT2D eigenvalue weighted by atomic mass is 10.1. The van der Waals surface area contributed by atoms with Crippen molar-refractivity contribution in [3.63, 3.8) is 0 Å². The SMILES string of the molecule is CC(=O)N[C@@H]1CN(Cc2ccncc2F)C[C@H]1CO. The van der Waals surface area contributed by atoms with E-state index >= 15 is 0 Å². The second-order valence-electron chi connectivity index (χ2n) is 4.91. The van der Waals surface area contributed by atoms with Crippen molar-refractivity contribution < 1.29 is 14.3 Å². The number of hydrogen-bond acceptors (Lipinski definition) is 4. The van der Waals surface area contributed by atoms with Gasteiger partial charge >= 0.3 is 0 Å². The first-order chi connectivity index (χ1) is 9.10. The summed E-state index contributed by atoms with van der Waals surface area (Å²) in [5, 5.41) is 12.2. The molecular weight excluding hydrogens is 249 g/mol. The van der Waals surface area contributed by atoms with Gasteiger partial charge in [-0.2, -0.15) is 0 Å². The average molecular weight is 267 g/mol. The second-order valence-corrected chi connectivity index (χ2v) is 4.91. The van der Waals surface area contributed by atoms with Gasteiger partial charge in [-0.25, -0.2) is 4.39 Å². The van der Waals surface area contributed by atoms with Crippen LogP contribution in [0.1, 0.15) is 12.5 Å². The summed E-state index contributed by atoms with van der Waals surface area (Å²) in [7, 11) is 0. The summed E-state index contributed by atoms with van der Waals surface area (Å²) < 4.78 is 13.5. The molecule has 1 saturated heterocycles. The highest BCUT2D eigenvalue weighted by atomic mass is 19.1. The summed E-state index contributed by atoms with van der Waals surface area (Å²) in [5.41, 5.74) is 0.579. The van der Waals surface area contributed by atoms with Crippen molar-refractivity contribution in [3.8, 4) is 0 Å². The molecule has 1 aromatic rings. The molecule has 0 radical (unpaired) electrons. The number of likely N-dealkylation sites (tertiary alicyclic amines) is 1. The van der Waals surface area contributed by atoms with Gasteiger partial charge in [-0.05, 0) is 6.07 Å². The number of aliphatic hydroxyl groups excluding tert-OH is 1. The van der Waals surface area contributed by atoms with E-state index in [-0.39, 0.29) is 30.3 Å². The van der Waals surface area contributed by atoms with Gasteiger partial charge in [0.1, 0.15) is 5.82 Å². The molecule has 0 spiro atoms. The maximum absolute atomic E-state index is 13.5. The predicted octanol–water partition coefficient (Wildman–Crippen LogP) is 0.149. The Morgan fingerprint density at radius 2 is 2.42 bits per heavy atom. The molecule has 0 aromatic carbocycles. The third kappa shape index (κ3) is 3.48. The molecule has 1 aliphatic heterocycles. The van der Waals surface area contributed by atoms with Crippen LogP contribution in [0.25, 0.3) is 0 Å². The number of pyridine rings is 1. The molecule has 1 amide bonds. The van der Waals surface area contributed by atoms with Crippen LogP contribution in [0.5, 0.6) is 0 Å². The highest BCUT2D eigenvalue weighted by molar-refractivity contribution is 5.73. The van der Waals surface area contributed by atoms with Crippen molar-refractivity contribution in [2.24, 2.45) is 5.92 Å². The van der Waals surface area contributed by atoms with Crippen molar-refractivity contribution in [1.82, 2.24) is 15.2 Å². The molecule has 2 heterocycles. The average Bonchev–Trinajstić information content (AvgIpc) is 2.73. The molecule has 19 heavy (non-hydrogen) atoms. The normalized spacial score (nSPS) is 23.5. The minimum Gasteiger partial charge on any atom is -0.396 e. The van der Waals surface area contributed by atoms with Gasteiger partial charge in [0.15, 0.2) is 0 Å². The molecule has 0 saturated carbocycles. The zero-order valence-electron chi connectivity index (χ0n) is 10.8. The summed E-state index contributed by atoms with van der Waals surface area (Å²) in [4.78, 5) is 16.8. The number of halogens is 1. The summed E-state index contributed by atoms with van der Waals surface area (Å²) in [6, 6.07) is 1.57. The first-order valence-electron chi connectivity index (χ1n) is 6.29. The van der Waals surface area contributed by atoms with E-state index in [0.29, 0.717) is 25.2 Å². The molecule has 1 fully saturated rings. The van der Waals surface area contributed by atoms with E-state index in [1.54, 1.807) is 12.3 Å². The zero-order chi connectivity index (χ0) is 13.8. The van der Waals surface area contributed by atoms with E-state index < -0.39 is 0 Å². The standard InChI is InChI=1S/C13H18FN3O2/c1-9(19)16-13-7-17(6-11(13)8-18)5-10-2-3-15-4-12(10)14/h2-4,11,13,18H,5-8H2,1H3,(H,16,19)/t11-,13+/m0/s1. The van der Waals surface area contributed by atoms with Gasteiger partial charge in [-0.15, -0.1) is 0 Å². The lowest BCUT2D eigenvalue weighted by Gasteiger charge is -2.17. The molecule has 0 bridgehead atoms. The van der Waals surface area contributed by atoms with Gasteiger partial charge in [-0.3, -0.25) is 14.7 Å². The van der Waals surface area contributed by atoms with Crippen LogP contribution in [-0.2, 0) is 11.3 Å². The third-order valence-corrected chi connectivity index (χ3v) is 3.39. The van der Waals surface area contributed by atoms with E-state index in [2.05, 4.69) is 10.3 Å². The molecule has 2 atom stereocenters. The molecule has 1 aromatic heterocycles. The molecule has 104 valence electrons. The van der Waals surface area contributed by atoms with Crippen molar-refractivity contribution in [2.45, 2.75) is 19.5 Å². The fourth-order valence-corrected chi connectivity index (χ4v) is 2.47. The lowest BCUT2D eigenvalue weighted by molar-refractivity contribution is -0.119. The van der Waals surface area contributed by atoms with E-state index in [9.17, 15) is 14.3 Å². The van der Waals surface area contributed by atoms with E-state index in [1.165, 1.54) is 13.1 Å². The van der Waals surface area contributed by atoms with Crippen molar-refractivity contribution in [2.75, 3.05) is 19.7 Å². The maximum atomic E-state index is 13.5. The Hall–Kier alpha value is -1.53. The van der Waals surface area contributed by atoms with Gasteiger partial charge in [-0.1, -0.05) is 0 Å². The van der Waals surface area contributed by atoms with E-state index in [4.69, 9.17) is 0 Å². The minimum absolute atomic E-state index is 0.00574. The highest BCUT2D eigenvalue weighted by Gasteiger charge is 2.32. The molecule has 1 aliphatic rings. The summed E-state index contributed by atoms with van der Waals surface area (Å²) in [6.07, 6.45) is 2.75. The Morgan fingerprint density at radius 3 is 3.05 bits per heavy atom. The van der Waals surface area contributed by atoms with Crippen LogP contribution < -0.4 is 5.32 Å². The van der Waals surface area contributed by atoms with E-state index in [1.807, 2.05) is 4.90 Å². The van der Waals surface area contributed by atoms with Gasteiger partial charge in [0.05, 0.1) is 6.20 Å². The Labute approximate surface area is 111 Å². The molecule has 5 nitrogen and oxygen atoms in total. The van der Waals surface area contributed by atoms with E-state index in [0.717, 1.165) is 0 Å². The van der Waals surface area contributed by atoms with Crippen molar-refractivity contribution in [1.29, 1.82) is 0 Å². The monoisotopic (exact) mass is 267 g/mol. The van der Waals surface area contributed by atoms with Crippen LogP contribution in [0.4, 0.5) is 4.39 Å². The smallest absolute Gasteiger partial charge is 0.217 e. The largest absolute Gasteiger partial charge is 0.396 e. The van der Waals surface area contributed by atoms with Crippen LogP contribution in [0, 0.1) is 11.7 Å². The number of aliphatic hydroxyl groups is 1. The Bertz CT molecular complexity index is 455. The minimum atomic E-state index is -0.328. The van der Waals surface area contributed by atoms with Crippen molar-refractivity contribution >= 4 is 5.91 Å². The van der Waals surface area contributed by atoms with Gasteiger partial charge < -0.3 is 10.4 Å². The first kappa shape index (κ1) is 13.9. The molecule has 0 unspecified atom stereocenters. The maximum Gasteiger partial charge on any atom is 0.217 e.